The monoisotopic (exact) mass is 261 g/mol. The topological polar surface area (TPSA) is 22.1 Å². The first-order valence-electron chi connectivity index (χ1n) is 6.48. The molecule has 3 aromatic rings. The van der Waals surface area contributed by atoms with Crippen molar-refractivity contribution in [3.63, 3.8) is 0 Å². The molecule has 0 saturated carbocycles. The van der Waals surface area contributed by atoms with Crippen molar-refractivity contribution in [2.45, 2.75) is 0 Å². The molecule has 0 spiro atoms. The third kappa shape index (κ3) is 2.16. The van der Waals surface area contributed by atoms with Crippen molar-refractivity contribution < 1.29 is 4.74 Å². The molecule has 0 unspecified atom stereocenters. The zero-order chi connectivity index (χ0) is 13.9. The third-order valence-electron chi connectivity index (χ3n) is 3.32. The van der Waals surface area contributed by atoms with E-state index in [1.807, 2.05) is 48.5 Å². The standard InChI is InChI=1S/C18H15NO/c1-3-13-11-14-7-4-5-10-17(14)19-18(13)15-8-6-9-16(12-15)20-2/h3-12H,1H2,2H3. The van der Waals surface area contributed by atoms with E-state index in [0.29, 0.717) is 0 Å². The first-order chi connectivity index (χ1) is 9.81. The van der Waals surface area contributed by atoms with Gasteiger partial charge >= 0.3 is 0 Å². The summed E-state index contributed by atoms with van der Waals surface area (Å²) < 4.78 is 5.28. The number of para-hydroxylation sites is 1. The molecule has 0 saturated heterocycles. The molecule has 0 amide bonds. The predicted octanol–water partition coefficient (Wildman–Crippen LogP) is 4.55. The van der Waals surface area contributed by atoms with Gasteiger partial charge < -0.3 is 4.74 Å². The highest BCUT2D eigenvalue weighted by Crippen LogP contribution is 2.28. The molecule has 98 valence electrons. The maximum atomic E-state index is 5.28. The second kappa shape index (κ2) is 5.17. The second-order valence-corrected chi connectivity index (χ2v) is 4.55. The summed E-state index contributed by atoms with van der Waals surface area (Å²) in [5, 5.41) is 1.12. The fraction of sp³-hybridized carbons (Fsp3) is 0.0556. The van der Waals surface area contributed by atoms with Crippen molar-refractivity contribution >= 4 is 17.0 Å². The molecule has 0 aliphatic heterocycles. The number of hydrogen-bond donors (Lipinski definition) is 0. The smallest absolute Gasteiger partial charge is 0.119 e. The molecule has 0 aliphatic rings. The van der Waals surface area contributed by atoms with E-state index in [1.54, 1.807) is 7.11 Å². The van der Waals surface area contributed by atoms with Gasteiger partial charge in [-0.15, -0.1) is 0 Å². The summed E-state index contributed by atoms with van der Waals surface area (Å²) in [5.41, 5.74) is 3.97. The Morgan fingerprint density at radius 3 is 2.70 bits per heavy atom. The molecule has 2 nitrogen and oxygen atoms in total. The Bertz CT molecular complexity index is 777. The van der Waals surface area contributed by atoms with Crippen LogP contribution in [0.25, 0.3) is 28.2 Å². The first-order valence-corrected chi connectivity index (χ1v) is 6.48. The van der Waals surface area contributed by atoms with Gasteiger partial charge in [0.25, 0.3) is 0 Å². The minimum absolute atomic E-state index is 0.826. The van der Waals surface area contributed by atoms with Crippen molar-refractivity contribution in [2.24, 2.45) is 0 Å². The van der Waals surface area contributed by atoms with Crippen molar-refractivity contribution in [1.82, 2.24) is 4.98 Å². The maximum Gasteiger partial charge on any atom is 0.119 e. The van der Waals surface area contributed by atoms with Crippen LogP contribution in [0.5, 0.6) is 5.75 Å². The fourth-order valence-electron chi connectivity index (χ4n) is 2.29. The van der Waals surface area contributed by atoms with E-state index in [1.165, 1.54) is 0 Å². The summed E-state index contributed by atoms with van der Waals surface area (Å²) >= 11 is 0. The highest BCUT2D eigenvalue weighted by molar-refractivity contribution is 5.86. The second-order valence-electron chi connectivity index (χ2n) is 4.55. The zero-order valence-corrected chi connectivity index (χ0v) is 11.3. The molecule has 0 aliphatic carbocycles. The van der Waals surface area contributed by atoms with Crippen LogP contribution in [-0.2, 0) is 0 Å². The van der Waals surface area contributed by atoms with E-state index in [0.717, 1.165) is 33.5 Å². The predicted molar refractivity (Wildman–Crippen MR) is 83.8 cm³/mol. The van der Waals surface area contributed by atoms with Gasteiger partial charge in [-0.3, -0.25) is 0 Å². The van der Waals surface area contributed by atoms with Gasteiger partial charge in [-0.2, -0.15) is 0 Å². The van der Waals surface area contributed by atoms with Gasteiger partial charge in [0.05, 0.1) is 18.3 Å². The molecular weight excluding hydrogens is 246 g/mol. The molecule has 0 atom stereocenters. The number of hydrogen-bond acceptors (Lipinski definition) is 2. The van der Waals surface area contributed by atoms with E-state index in [9.17, 15) is 0 Å². The van der Waals surface area contributed by atoms with Crippen LogP contribution in [-0.4, -0.2) is 12.1 Å². The molecule has 3 rings (SSSR count). The molecule has 0 bridgehead atoms. The normalized spacial score (nSPS) is 10.4. The van der Waals surface area contributed by atoms with Crippen molar-refractivity contribution in [3.8, 4) is 17.0 Å². The number of benzene rings is 2. The lowest BCUT2D eigenvalue weighted by molar-refractivity contribution is 0.415. The fourth-order valence-corrected chi connectivity index (χ4v) is 2.29. The van der Waals surface area contributed by atoms with E-state index in [-0.39, 0.29) is 0 Å². The number of fused-ring (bicyclic) bond motifs is 1. The van der Waals surface area contributed by atoms with Gasteiger partial charge in [0.2, 0.25) is 0 Å². The number of methoxy groups -OCH3 is 1. The molecule has 2 aromatic carbocycles. The minimum atomic E-state index is 0.826. The number of aromatic nitrogens is 1. The molecule has 0 N–H and O–H groups in total. The van der Waals surface area contributed by atoms with E-state index in [2.05, 4.69) is 18.7 Å². The summed E-state index contributed by atoms with van der Waals surface area (Å²) in [5.74, 6) is 0.826. The summed E-state index contributed by atoms with van der Waals surface area (Å²) in [6.07, 6.45) is 1.84. The Kier molecular flexibility index (Phi) is 3.21. The van der Waals surface area contributed by atoms with Gasteiger partial charge in [0, 0.05) is 16.5 Å². The van der Waals surface area contributed by atoms with Gasteiger partial charge in [0.15, 0.2) is 0 Å². The Morgan fingerprint density at radius 1 is 1.05 bits per heavy atom. The van der Waals surface area contributed by atoms with Crippen LogP contribution >= 0.6 is 0 Å². The van der Waals surface area contributed by atoms with Crippen molar-refractivity contribution in [2.75, 3.05) is 7.11 Å². The summed E-state index contributed by atoms with van der Waals surface area (Å²) in [6.45, 7) is 3.90. The van der Waals surface area contributed by atoms with Gasteiger partial charge in [-0.1, -0.05) is 43.0 Å². The summed E-state index contributed by atoms with van der Waals surface area (Å²) in [6, 6.07) is 18.1. The van der Waals surface area contributed by atoms with E-state index >= 15 is 0 Å². The van der Waals surface area contributed by atoms with Crippen LogP contribution in [0.4, 0.5) is 0 Å². The Morgan fingerprint density at radius 2 is 1.90 bits per heavy atom. The average molecular weight is 261 g/mol. The van der Waals surface area contributed by atoms with Gasteiger partial charge in [0.1, 0.15) is 5.75 Å². The number of rotatable bonds is 3. The third-order valence-corrected chi connectivity index (χ3v) is 3.32. The van der Waals surface area contributed by atoms with Crippen LogP contribution in [0.1, 0.15) is 5.56 Å². The molecule has 0 fully saturated rings. The number of ether oxygens (including phenoxy) is 1. The first kappa shape index (κ1) is 12.4. The molecule has 1 aromatic heterocycles. The summed E-state index contributed by atoms with van der Waals surface area (Å²) in [4.78, 5) is 4.76. The van der Waals surface area contributed by atoms with Crippen LogP contribution in [0.2, 0.25) is 0 Å². The average Bonchev–Trinajstić information content (AvgIpc) is 2.53. The molecule has 20 heavy (non-hydrogen) atoms. The number of pyridine rings is 1. The highest BCUT2D eigenvalue weighted by Gasteiger charge is 2.07. The van der Waals surface area contributed by atoms with E-state index < -0.39 is 0 Å². The van der Waals surface area contributed by atoms with Crippen LogP contribution in [0.3, 0.4) is 0 Å². The zero-order valence-electron chi connectivity index (χ0n) is 11.3. The number of nitrogens with zero attached hydrogens (tertiary/aromatic N) is 1. The van der Waals surface area contributed by atoms with E-state index in [4.69, 9.17) is 9.72 Å². The van der Waals surface area contributed by atoms with Gasteiger partial charge in [-0.25, -0.2) is 4.98 Å². The van der Waals surface area contributed by atoms with Crippen molar-refractivity contribution in [1.29, 1.82) is 0 Å². The minimum Gasteiger partial charge on any atom is -0.497 e. The molecule has 2 heteroatoms. The van der Waals surface area contributed by atoms with Crippen LogP contribution < -0.4 is 4.74 Å². The quantitative estimate of drug-likeness (QED) is 0.690. The lowest BCUT2D eigenvalue weighted by atomic mass is 10.0. The maximum absolute atomic E-state index is 5.28. The van der Waals surface area contributed by atoms with Crippen LogP contribution in [0, 0.1) is 0 Å². The molecule has 1 heterocycles. The largest absolute Gasteiger partial charge is 0.497 e. The van der Waals surface area contributed by atoms with Crippen molar-refractivity contribution in [3.05, 3.63) is 66.7 Å². The van der Waals surface area contributed by atoms with Crippen LogP contribution in [0.15, 0.2) is 61.2 Å². The molecule has 0 radical (unpaired) electrons. The lowest BCUT2D eigenvalue weighted by Crippen LogP contribution is -1.91. The summed E-state index contributed by atoms with van der Waals surface area (Å²) in [7, 11) is 1.67. The van der Waals surface area contributed by atoms with Gasteiger partial charge in [-0.05, 0) is 24.3 Å². The Labute approximate surface area is 118 Å². The molecular formula is C18H15NO. The SMILES string of the molecule is C=Cc1cc2ccccc2nc1-c1cccc(OC)c1. The highest BCUT2D eigenvalue weighted by atomic mass is 16.5. The Hall–Kier alpha value is -2.61. The Balaban J connectivity index is 2.25. The lowest BCUT2D eigenvalue weighted by Gasteiger charge is -2.09.